The molecule has 0 aliphatic heterocycles. The van der Waals surface area contributed by atoms with E-state index in [9.17, 15) is 0 Å². The first kappa shape index (κ1) is 21.6. The number of para-hydroxylation sites is 2. The number of nitrogens with one attached hydrogen (secondary N) is 1. The van der Waals surface area contributed by atoms with Crippen molar-refractivity contribution in [2.45, 2.75) is 78.4 Å². The maximum absolute atomic E-state index is 4.87. The number of benzene rings is 2. The minimum Gasteiger partial charge on any atom is -0.381 e. The van der Waals surface area contributed by atoms with Crippen LogP contribution in [0.4, 0.5) is 5.69 Å². The second kappa shape index (κ2) is 10.1. The summed E-state index contributed by atoms with van der Waals surface area (Å²) >= 11 is 0. The Morgan fingerprint density at radius 3 is 1.90 bits per heavy atom. The van der Waals surface area contributed by atoms with Crippen LogP contribution in [0.3, 0.4) is 0 Å². The third-order valence-corrected chi connectivity index (χ3v) is 5.87. The molecule has 3 rings (SSSR count). The van der Waals surface area contributed by atoms with E-state index >= 15 is 0 Å². The van der Waals surface area contributed by atoms with Crippen molar-refractivity contribution in [3.05, 3.63) is 48.5 Å². The van der Waals surface area contributed by atoms with E-state index in [4.69, 9.17) is 4.98 Å². The fraction of sp³-hybridized carbons (Fsp3) is 0.500. The molecule has 0 saturated carbocycles. The monoisotopic (exact) mass is 391 g/mol. The van der Waals surface area contributed by atoms with Gasteiger partial charge < -0.3 is 5.32 Å². The SMILES string of the molecule is CCCC(CCCN(C(C)C)C(C)C)Nc1c2ccccc2nc2ccccc12. The molecule has 0 radical (unpaired) electrons. The Bertz CT molecular complexity index is 854. The van der Waals surface area contributed by atoms with Crippen LogP contribution in [-0.4, -0.2) is 34.6 Å². The zero-order valence-corrected chi connectivity index (χ0v) is 18.8. The fourth-order valence-corrected chi connectivity index (χ4v) is 4.47. The van der Waals surface area contributed by atoms with E-state index in [1.54, 1.807) is 0 Å². The summed E-state index contributed by atoms with van der Waals surface area (Å²) in [5.41, 5.74) is 3.37. The van der Waals surface area contributed by atoms with Gasteiger partial charge in [-0.1, -0.05) is 49.7 Å². The zero-order valence-electron chi connectivity index (χ0n) is 18.8. The molecule has 3 aromatic rings. The van der Waals surface area contributed by atoms with Crippen LogP contribution in [0, 0.1) is 0 Å². The van der Waals surface area contributed by atoms with Gasteiger partial charge in [-0.2, -0.15) is 0 Å². The van der Waals surface area contributed by atoms with Gasteiger partial charge in [0.05, 0.1) is 16.7 Å². The molecule has 2 aromatic carbocycles. The van der Waals surface area contributed by atoms with E-state index in [-0.39, 0.29) is 0 Å². The lowest BCUT2D eigenvalue weighted by Gasteiger charge is -2.31. The molecule has 1 aromatic heterocycles. The van der Waals surface area contributed by atoms with Crippen LogP contribution in [0.15, 0.2) is 48.5 Å². The number of hydrogen-bond acceptors (Lipinski definition) is 3. The first-order valence-electron chi connectivity index (χ1n) is 11.3. The Morgan fingerprint density at radius 2 is 1.38 bits per heavy atom. The van der Waals surface area contributed by atoms with Crippen molar-refractivity contribution in [2.24, 2.45) is 0 Å². The number of fused-ring (bicyclic) bond motifs is 2. The van der Waals surface area contributed by atoms with Gasteiger partial charge in [-0.3, -0.25) is 4.90 Å². The molecule has 0 aliphatic rings. The Morgan fingerprint density at radius 1 is 0.828 bits per heavy atom. The Labute approximate surface area is 176 Å². The third kappa shape index (κ3) is 5.27. The first-order valence-corrected chi connectivity index (χ1v) is 11.3. The Balaban J connectivity index is 1.83. The predicted molar refractivity (Wildman–Crippen MR) is 128 cm³/mol. The molecule has 3 heteroatoms. The van der Waals surface area contributed by atoms with E-state index in [0.29, 0.717) is 18.1 Å². The van der Waals surface area contributed by atoms with Crippen molar-refractivity contribution in [1.29, 1.82) is 0 Å². The summed E-state index contributed by atoms with van der Waals surface area (Å²) in [6.07, 6.45) is 4.79. The molecule has 0 fully saturated rings. The maximum atomic E-state index is 4.87. The lowest BCUT2D eigenvalue weighted by atomic mass is 10.0. The first-order chi connectivity index (χ1) is 14.0. The van der Waals surface area contributed by atoms with Gasteiger partial charge in [0.1, 0.15) is 0 Å². The van der Waals surface area contributed by atoms with Crippen molar-refractivity contribution in [1.82, 2.24) is 9.88 Å². The van der Waals surface area contributed by atoms with Crippen LogP contribution in [-0.2, 0) is 0 Å². The van der Waals surface area contributed by atoms with Gasteiger partial charge in [0.25, 0.3) is 0 Å². The van der Waals surface area contributed by atoms with Crippen LogP contribution in [0.25, 0.3) is 21.8 Å². The van der Waals surface area contributed by atoms with Crippen LogP contribution in [0.5, 0.6) is 0 Å². The van der Waals surface area contributed by atoms with E-state index < -0.39 is 0 Å². The van der Waals surface area contributed by atoms with Crippen molar-refractivity contribution >= 4 is 27.5 Å². The number of rotatable bonds is 10. The molecule has 0 spiro atoms. The van der Waals surface area contributed by atoms with Crippen LogP contribution >= 0.6 is 0 Å². The van der Waals surface area contributed by atoms with Crippen molar-refractivity contribution in [2.75, 3.05) is 11.9 Å². The molecule has 1 N–H and O–H groups in total. The van der Waals surface area contributed by atoms with Crippen LogP contribution in [0.2, 0.25) is 0 Å². The zero-order chi connectivity index (χ0) is 20.8. The highest BCUT2D eigenvalue weighted by Gasteiger charge is 2.16. The summed E-state index contributed by atoms with van der Waals surface area (Å²) in [7, 11) is 0. The minimum absolute atomic E-state index is 0.482. The lowest BCUT2D eigenvalue weighted by molar-refractivity contribution is 0.170. The Hall–Kier alpha value is -2.13. The topological polar surface area (TPSA) is 28.2 Å². The van der Waals surface area contributed by atoms with Gasteiger partial charge in [0.15, 0.2) is 0 Å². The molecule has 1 unspecified atom stereocenters. The summed E-state index contributed by atoms with van der Waals surface area (Å²) in [4.78, 5) is 7.47. The van der Waals surface area contributed by atoms with Crippen molar-refractivity contribution < 1.29 is 0 Å². The van der Waals surface area contributed by atoms with Gasteiger partial charge in [-0.05, 0) is 65.6 Å². The molecule has 0 bridgehead atoms. The molecule has 0 amide bonds. The minimum atomic E-state index is 0.482. The van der Waals surface area contributed by atoms with Crippen molar-refractivity contribution in [3.8, 4) is 0 Å². The summed E-state index contributed by atoms with van der Waals surface area (Å²) in [6, 6.07) is 18.7. The number of hydrogen-bond donors (Lipinski definition) is 1. The summed E-state index contributed by atoms with van der Waals surface area (Å²) in [6.45, 7) is 12.7. The van der Waals surface area contributed by atoms with E-state index in [1.807, 2.05) is 0 Å². The highest BCUT2D eigenvalue weighted by atomic mass is 15.2. The van der Waals surface area contributed by atoms with Gasteiger partial charge in [-0.25, -0.2) is 4.98 Å². The molecular weight excluding hydrogens is 354 g/mol. The predicted octanol–water partition coefficient (Wildman–Crippen LogP) is 6.87. The summed E-state index contributed by atoms with van der Waals surface area (Å²) in [5, 5.41) is 6.38. The fourth-order valence-electron chi connectivity index (χ4n) is 4.47. The number of nitrogens with zero attached hydrogens (tertiary/aromatic N) is 2. The quantitative estimate of drug-likeness (QED) is 0.382. The molecule has 0 aliphatic carbocycles. The molecular formula is C26H37N3. The normalized spacial score (nSPS) is 13.1. The average Bonchev–Trinajstić information content (AvgIpc) is 2.70. The molecule has 156 valence electrons. The smallest absolute Gasteiger partial charge is 0.0730 e. The van der Waals surface area contributed by atoms with Gasteiger partial charge in [0.2, 0.25) is 0 Å². The van der Waals surface area contributed by atoms with Crippen LogP contribution in [0.1, 0.15) is 60.3 Å². The van der Waals surface area contributed by atoms with E-state index in [1.165, 1.54) is 42.1 Å². The highest BCUT2D eigenvalue weighted by molar-refractivity contribution is 6.07. The summed E-state index contributed by atoms with van der Waals surface area (Å²) < 4.78 is 0. The summed E-state index contributed by atoms with van der Waals surface area (Å²) in [5.74, 6) is 0. The van der Waals surface area contributed by atoms with Gasteiger partial charge in [0, 0.05) is 28.9 Å². The van der Waals surface area contributed by atoms with E-state index in [0.717, 1.165) is 17.6 Å². The van der Waals surface area contributed by atoms with Crippen molar-refractivity contribution in [3.63, 3.8) is 0 Å². The van der Waals surface area contributed by atoms with Crippen LogP contribution < -0.4 is 5.32 Å². The third-order valence-electron chi connectivity index (χ3n) is 5.87. The second-order valence-corrected chi connectivity index (χ2v) is 8.72. The number of pyridine rings is 1. The molecule has 1 atom stereocenters. The van der Waals surface area contributed by atoms with Gasteiger partial charge in [-0.15, -0.1) is 0 Å². The molecule has 3 nitrogen and oxygen atoms in total. The maximum Gasteiger partial charge on any atom is 0.0730 e. The second-order valence-electron chi connectivity index (χ2n) is 8.72. The Kier molecular flexibility index (Phi) is 7.49. The molecule has 1 heterocycles. The average molecular weight is 392 g/mol. The standard InChI is InChI=1S/C26H37N3/c1-6-12-21(13-11-18-29(19(2)3)20(4)5)27-26-22-14-7-9-16-24(22)28-25-17-10-8-15-23(25)26/h7-10,14-17,19-21H,6,11-13,18H2,1-5H3,(H,27,28). The molecule has 0 saturated heterocycles. The lowest BCUT2D eigenvalue weighted by Crippen LogP contribution is -2.38. The molecule has 29 heavy (non-hydrogen) atoms. The van der Waals surface area contributed by atoms with E-state index in [2.05, 4.69) is 93.4 Å². The highest BCUT2D eigenvalue weighted by Crippen LogP contribution is 2.32. The largest absolute Gasteiger partial charge is 0.381 e. The number of aromatic nitrogens is 1. The number of anilines is 1. The van der Waals surface area contributed by atoms with Gasteiger partial charge >= 0.3 is 0 Å².